The Morgan fingerprint density at radius 3 is 2.74 bits per heavy atom. The largest absolute Gasteiger partial charge is 0.349 e. The lowest BCUT2D eigenvalue weighted by molar-refractivity contribution is 0.412. The smallest absolute Gasteiger partial charge is 0.159 e. The number of hydrogen-bond donors (Lipinski definition) is 2. The minimum Gasteiger partial charge on any atom is -0.349 e. The third-order valence-electron chi connectivity index (χ3n) is 7.59. The van der Waals surface area contributed by atoms with Crippen molar-refractivity contribution in [2.45, 2.75) is 50.4 Å². The normalized spacial score (nSPS) is 22.0. The van der Waals surface area contributed by atoms with Crippen LogP contribution in [0.25, 0.3) is 33.2 Å². The second kappa shape index (κ2) is 7.79. The summed E-state index contributed by atoms with van der Waals surface area (Å²) in [4.78, 5) is 19.9. The monoisotopic (exact) mass is 487 g/mol. The summed E-state index contributed by atoms with van der Waals surface area (Å²) in [5.41, 5.74) is 10.5. The Kier molecular flexibility index (Phi) is 4.65. The molecule has 7 rings (SSSR count). The third kappa shape index (κ3) is 3.33. The number of anilines is 1. The second-order valence-corrected chi connectivity index (χ2v) is 10.2. The fourth-order valence-corrected chi connectivity index (χ4v) is 6.21. The molecule has 2 atom stereocenters. The minimum absolute atomic E-state index is 0.294. The number of piperidine rings is 1. The Morgan fingerprint density at radius 2 is 1.97 bits per heavy atom. The highest BCUT2D eigenvalue weighted by Crippen LogP contribution is 2.40. The van der Waals surface area contributed by atoms with Crippen molar-refractivity contribution in [3.8, 4) is 11.1 Å². The van der Waals surface area contributed by atoms with E-state index in [1.807, 2.05) is 53.2 Å². The third-order valence-corrected chi connectivity index (χ3v) is 8.00. The number of hydrogen-bond acceptors (Lipinski definition) is 6. The maximum Gasteiger partial charge on any atom is 0.159 e. The summed E-state index contributed by atoms with van der Waals surface area (Å²) in [6, 6.07) is 5.23. The molecular formula is C25H26ClN9. The maximum atomic E-state index is 6.92. The first-order chi connectivity index (χ1) is 17.0. The lowest BCUT2D eigenvalue weighted by atomic mass is 9.98. The van der Waals surface area contributed by atoms with Gasteiger partial charge in [-0.3, -0.25) is 4.68 Å². The van der Waals surface area contributed by atoms with Crippen molar-refractivity contribution in [1.29, 1.82) is 0 Å². The van der Waals surface area contributed by atoms with Crippen LogP contribution in [-0.2, 0) is 13.6 Å². The molecule has 2 saturated heterocycles. The Balaban J connectivity index is 1.24. The highest BCUT2D eigenvalue weighted by Gasteiger charge is 2.40. The number of fused-ring (bicyclic) bond motifs is 4. The van der Waals surface area contributed by atoms with Crippen LogP contribution >= 0.6 is 11.6 Å². The van der Waals surface area contributed by atoms with Crippen molar-refractivity contribution in [3.63, 3.8) is 0 Å². The number of halogens is 1. The standard InChI is InChI=1S/C25H26ClN9/c1-33-7-6-28-22(33)13-34-12-19-20(32-34)5-4-17(23(19)26)18-10-30-25-24(18)29-11-21(31-25)35-15-2-3-16(35)9-14(27)8-15/h4-7,10-12,14-16H,2-3,8-9,13,27H2,1H3,(H,30,31). The number of H-pyrrole nitrogens is 1. The summed E-state index contributed by atoms with van der Waals surface area (Å²) in [7, 11) is 1.98. The molecule has 2 aliphatic rings. The van der Waals surface area contributed by atoms with Gasteiger partial charge in [0.15, 0.2) is 5.65 Å². The first-order valence-corrected chi connectivity index (χ1v) is 12.4. The van der Waals surface area contributed by atoms with Crippen molar-refractivity contribution in [2.75, 3.05) is 4.90 Å². The second-order valence-electron chi connectivity index (χ2n) is 9.79. The Bertz CT molecular complexity index is 1550. The zero-order valence-corrected chi connectivity index (χ0v) is 20.2. The van der Waals surface area contributed by atoms with Crippen LogP contribution in [0.5, 0.6) is 0 Å². The summed E-state index contributed by atoms with van der Waals surface area (Å²) < 4.78 is 3.87. The fourth-order valence-electron chi connectivity index (χ4n) is 5.90. The molecule has 1 aromatic carbocycles. The lowest BCUT2D eigenvalue weighted by Gasteiger charge is -2.38. The lowest BCUT2D eigenvalue weighted by Crippen LogP contribution is -2.47. The van der Waals surface area contributed by atoms with Gasteiger partial charge in [0.25, 0.3) is 0 Å². The molecule has 10 heteroatoms. The Hall–Kier alpha value is -3.43. The van der Waals surface area contributed by atoms with E-state index >= 15 is 0 Å². The molecule has 4 aromatic heterocycles. The van der Waals surface area contributed by atoms with Crippen molar-refractivity contribution in [2.24, 2.45) is 12.8 Å². The minimum atomic E-state index is 0.294. The van der Waals surface area contributed by atoms with E-state index < -0.39 is 0 Å². The van der Waals surface area contributed by atoms with E-state index in [2.05, 4.69) is 14.9 Å². The molecule has 0 amide bonds. The first kappa shape index (κ1) is 20.9. The van der Waals surface area contributed by atoms with Gasteiger partial charge in [-0.2, -0.15) is 5.10 Å². The first-order valence-electron chi connectivity index (χ1n) is 12.1. The molecule has 2 unspecified atom stereocenters. The summed E-state index contributed by atoms with van der Waals surface area (Å²) in [5.74, 6) is 1.86. The molecule has 5 aromatic rings. The van der Waals surface area contributed by atoms with Gasteiger partial charge in [0.2, 0.25) is 0 Å². The number of benzene rings is 1. The van der Waals surface area contributed by atoms with Gasteiger partial charge in [-0.1, -0.05) is 17.7 Å². The van der Waals surface area contributed by atoms with Crippen molar-refractivity contribution in [3.05, 3.63) is 54.0 Å². The quantitative estimate of drug-likeness (QED) is 0.398. The maximum absolute atomic E-state index is 6.92. The zero-order chi connectivity index (χ0) is 23.7. The van der Waals surface area contributed by atoms with Gasteiger partial charge >= 0.3 is 0 Å². The predicted octanol–water partition coefficient (Wildman–Crippen LogP) is 3.87. The molecule has 35 heavy (non-hydrogen) atoms. The molecule has 9 nitrogen and oxygen atoms in total. The number of nitrogens with two attached hydrogens (primary N) is 1. The molecule has 3 N–H and O–H groups in total. The van der Waals surface area contributed by atoms with E-state index in [1.165, 1.54) is 12.8 Å². The number of nitrogens with zero attached hydrogens (tertiary/aromatic N) is 7. The average Bonchev–Trinajstić information content (AvgIpc) is 3.60. The molecule has 2 fully saturated rings. The number of rotatable bonds is 4. The highest BCUT2D eigenvalue weighted by molar-refractivity contribution is 6.38. The summed E-state index contributed by atoms with van der Waals surface area (Å²) in [6.45, 7) is 0.578. The van der Waals surface area contributed by atoms with Crippen LogP contribution in [0, 0.1) is 0 Å². The van der Waals surface area contributed by atoms with Crippen LogP contribution in [0.1, 0.15) is 31.5 Å². The molecule has 0 spiro atoms. The van der Waals surface area contributed by atoms with Gasteiger partial charge in [0.1, 0.15) is 17.2 Å². The van der Waals surface area contributed by atoms with Gasteiger partial charge in [-0.05, 0) is 31.7 Å². The van der Waals surface area contributed by atoms with Gasteiger partial charge < -0.3 is 20.2 Å². The molecule has 6 heterocycles. The van der Waals surface area contributed by atoms with Gasteiger partial charge in [-0.25, -0.2) is 15.0 Å². The number of aromatic amines is 1. The molecular weight excluding hydrogens is 462 g/mol. The van der Waals surface area contributed by atoms with Crippen molar-refractivity contribution in [1.82, 2.24) is 34.3 Å². The van der Waals surface area contributed by atoms with E-state index in [0.29, 0.717) is 29.7 Å². The topological polar surface area (TPSA) is 106 Å². The number of nitrogens with one attached hydrogen (secondary N) is 1. The van der Waals surface area contributed by atoms with E-state index in [9.17, 15) is 0 Å². The van der Waals surface area contributed by atoms with Crippen molar-refractivity contribution >= 4 is 39.5 Å². The van der Waals surface area contributed by atoms with Crippen LogP contribution < -0.4 is 10.6 Å². The average molecular weight is 488 g/mol. The highest BCUT2D eigenvalue weighted by atomic mass is 35.5. The zero-order valence-electron chi connectivity index (χ0n) is 19.4. The van der Waals surface area contributed by atoms with Gasteiger partial charge in [0.05, 0.1) is 23.3 Å². The Labute approximate surface area is 206 Å². The van der Waals surface area contributed by atoms with Gasteiger partial charge in [0, 0.05) is 66.5 Å². The summed E-state index contributed by atoms with van der Waals surface area (Å²) >= 11 is 6.92. The summed E-state index contributed by atoms with van der Waals surface area (Å²) in [5, 5.41) is 6.25. The predicted molar refractivity (Wildman–Crippen MR) is 136 cm³/mol. The van der Waals surface area contributed by atoms with Crippen LogP contribution in [0.3, 0.4) is 0 Å². The van der Waals surface area contributed by atoms with Crippen LogP contribution in [0.15, 0.2) is 43.1 Å². The fraction of sp³-hybridized carbons (Fsp3) is 0.360. The van der Waals surface area contributed by atoms with Gasteiger partial charge in [-0.15, -0.1) is 0 Å². The van der Waals surface area contributed by atoms with E-state index in [-0.39, 0.29) is 0 Å². The molecule has 2 bridgehead atoms. The molecule has 178 valence electrons. The number of imidazole rings is 1. The SMILES string of the molecule is Cn1ccnc1Cn1cc2c(Cl)c(-c3c[nH]c4nc(N5C6CCC5CC(N)C6)cnc34)ccc2n1. The molecule has 0 aliphatic carbocycles. The Morgan fingerprint density at radius 1 is 1.14 bits per heavy atom. The van der Waals surface area contributed by atoms with E-state index in [1.54, 1.807) is 6.20 Å². The summed E-state index contributed by atoms with van der Waals surface area (Å²) in [6.07, 6.45) is 13.9. The van der Waals surface area contributed by atoms with Crippen molar-refractivity contribution < 1.29 is 0 Å². The van der Waals surface area contributed by atoms with E-state index in [4.69, 9.17) is 32.4 Å². The number of aromatic nitrogens is 7. The molecule has 0 saturated carbocycles. The van der Waals surface area contributed by atoms with E-state index in [0.717, 1.165) is 57.7 Å². The molecule has 2 aliphatic heterocycles. The van der Waals surface area contributed by atoms with Crippen LogP contribution in [0.4, 0.5) is 5.82 Å². The van der Waals surface area contributed by atoms with Crippen LogP contribution in [-0.4, -0.2) is 52.4 Å². The molecule has 0 radical (unpaired) electrons. The van der Waals surface area contributed by atoms with Crippen LogP contribution in [0.2, 0.25) is 5.02 Å². The number of aryl methyl sites for hydroxylation is 1.